The minimum absolute atomic E-state index is 0.507. The molecule has 2 aromatic heterocycles. The summed E-state index contributed by atoms with van der Waals surface area (Å²) >= 11 is 1.86. The van der Waals surface area contributed by atoms with E-state index in [2.05, 4.69) is 229 Å². The summed E-state index contributed by atoms with van der Waals surface area (Å²) in [7, 11) is 0. The van der Waals surface area contributed by atoms with E-state index in [0.29, 0.717) is 0 Å². The van der Waals surface area contributed by atoms with Crippen molar-refractivity contribution < 1.29 is 4.42 Å². The number of thiophene rings is 1. The highest BCUT2D eigenvalue weighted by Crippen LogP contribution is 2.59. The van der Waals surface area contributed by atoms with Crippen LogP contribution in [0.4, 0.5) is 17.1 Å². The van der Waals surface area contributed by atoms with E-state index in [4.69, 9.17) is 4.42 Å². The first kappa shape index (κ1) is 35.1. The van der Waals surface area contributed by atoms with Gasteiger partial charge < -0.3 is 9.32 Å². The average Bonchev–Trinajstić information content (AvgIpc) is 4.01. The zero-order chi connectivity index (χ0) is 40.8. The Morgan fingerprint density at radius 1 is 0.419 bits per heavy atom. The lowest BCUT2D eigenvalue weighted by Gasteiger charge is -2.34. The van der Waals surface area contributed by atoms with Gasteiger partial charge in [-0.05, 0) is 92.9 Å². The van der Waals surface area contributed by atoms with Crippen LogP contribution in [0, 0.1) is 0 Å². The van der Waals surface area contributed by atoms with Crippen LogP contribution in [-0.2, 0) is 5.41 Å². The first-order valence-corrected chi connectivity index (χ1v) is 22.1. The largest absolute Gasteiger partial charge is 0.455 e. The van der Waals surface area contributed by atoms with E-state index in [-0.39, 0.29) is 0 Å². The third-order valence-electron chi connectivity index (χ3n) is 13.1. The molecule has 3 heteroatoms. The Hall–Kier alpha value is -7.72. The Kier molecular flexibility index (Phi) is 7.72. The van der Waals surface area contributed by atoms with E-state index >= 15 is 0 Å². The molecule has 62 heavy (non-hydrogen) atoms. The minimum atomic E-state index is -0.507. The number of benzene rings is 10. The average molecular weight is 808 g/mol. The SMILES string of the molecule is c1ccc(C2(c3ccccc3)c3ccccc3-c3c(N(c4ccc(-c5cccc6oc7c8ccccc8ccc7c56)cc4)c4ccc5c(c4)sc4ccccc45)cccc32)cc1. The molecule has 2 nitrogen and oxygen atoms in total. The molecule has 0 atom stereocenters. The summed E-state index contributed by atoms with van der Waals surface area (Å²) in [5.74, 6) is 0. The summed E-state index contributed by atoms with van der Waals surface area (Å²) in [4.78, 5) is 2.48. The van der Waals surface area contributed by atoms with Gasteiger partial charge in [0, 0.05) is 53.3 Å². The highest BCUT2D eigenvalue weighted by atomic mass is 32.1. The van der Waals surface area contributed by atoms with Crippen molar-refractivity contribution in [3.05, 3.63) is 247 Å². The predicted octanol–water partition coefficient (Wildman–Crippen LogP) is 16.6. The standard InChI is InChI=1S/C59H37NOS/c1-3-16-40(17-4-1)59(41-18-5-2-6-19-41)50-24-11-9-22-48(50)57-51(59)25-14-26-52(57)60(43-34-36-47-46-21-10-12-28-54(46)62-55(47)37-43)42-32-29-39(30-33-42)44-23-13-27-53-56(44)49-35-31-38-15-7-8-20-45(38)58(49)61-53/h1-37H. The van der Waals surface area contributed by atoms with Gasteiger partial charge in [-0.25, -0.2) is 0 Å². The number of nitrogens with zero attached hydrogens (tertiary/aromatic N) is 1. The molecule has 0 bridgehead atoms. The highest BCUT2D eigenvalue weighted by molar-refractivity contribution is 7.25. The molecule has 290 valence electrons. The summed E-state index contributed by atoms with van der Waals surface area (Å²) in [6.45, 7) is 0. The van der Waals surface area contributed by atoms with E-state index in [1.807, 2.05) is 11.3 Å². The first-order valence-electron chi connectivity index (χ1n) is 21.2. The molecule has 13 rings (SSSR count). The van der Waals surface area contributed by atoms with Crippen molar-refractivity contribution in [3.8, 4) is 22.3 Å². The van der Waals surface area contributed by atoms with Gasteiger partial charge in [0.25, 0.3) is 0 Å². The third-order valence-corrected chi connectivity index (χ3v) is 14.3. The van der Waals surface area contributed by atoms with Crippen LogP contribution in [0.2, 0.25) is 0 Å². The Bertz CT molecular complexity index is 3650. The van der Waals surface area contributed by atoms with Crippen molar-refractivity contribution in [2.45, 2.75) is 5.41 Å². The lowest BCUT2D eigenvalue weighted by molar-refractivity contribution is 0.673. The molecule has 0 fully saturated rings. The smallest absolute Gasteiger partial charge is 0.143 e. The molecular weight excluding hydrogens is 771 g/mol. The van der Waals surface area contributed by atoms with Crippen LogP contribution in [0.5, 0.6) is 0 Å². The fourth-order valence-corrected chi connectivity index (χ4v) is 11.7. The molecule has 1 aliphatic carbocycles. The van der Waals surface area contributed by atoms with Crippen LogP contribution in [0.3, 0.4) is 0 Å². The maximum atomic E-state index is 6.61. The summed E-state index contributed by atoms with van der Waals surface area (Å²) < 4.78 is 9.18. The maximum Gasteiger partial charge on any atom is 0.143 e. The molecule has 0 unspecified atom stereocenters. The number of fused-ring (bicyclic) bond motifs is 11. The molecule has 0 spiro atoms. The zero-order valence-corrected chi connectivity index (χ0v) is 34.4. The molecule has 0 radical (unpaired) electrons. The first-order chi connectivity index (χ1) is 30.8. The van der Waals surface area contributed by atoms with E-state index < -0.39 is 5.41 Å². The highest BCUT2D eigenvalue weighted by Gasteiger charge is 2.47. The summed E-state index contributed by atoms with van der Waals surface area (Å²) in [5, 5.41) is 7.18. The molecule has 0 saturated heterocycles. The monoisotopic (exact) mass is 807 g/mol. The van der Waals surface area contributed by atoms with Gasteiger partial charge in [0.05, 0.1) is 11.1 Å². The number of furan rings is 1. The van der Waals surface area contributed by atoms with Crippen molar-refractivity contribution in [3.63, 3.8) is 0 Å². The van der Waals surface area contributed by atoms with Crippen LogP contribution in [0.15, 0.2) is 229 Å². The lowest BCUT2D eigenvalue weighted by Crippen LogP contribution is -2.28. The summed E-state index contributed by atoms with van der Waals surface area (Å²) in [6.07, 6.45) is 0. The van der Waals surface area contributed by atoms with Gasteiger partial charge in [-0.3, -0.25) is 0 Å². The van der Waals surface area contributed by atoms with E-state index in [0.717, 1.165) is 55.5 Å². The van der Waals surface area contributed by atoms with Crippen molar-refractivity contribution in [2.24, 2.45) is 0 Å². The van der Waals surface area contributed by atoms with Crippen LogP contribution in [0.1, 0.15) is 22.3 Å². The molecule has 0 aliphatic heterocycles. The topological polar surface area (TPSA) is 16.4 Å². The van der Waals surface area contributed by atoms with Crippen molar-refractivity contribution in [1.82, 2.24) is 0 Å². The van der Waals surface area contributed by atoms with Gasteiger partial charge in [0.15, 0.2) is 0 Å². The van der Waals surface area contributed by atoms with Gasteiger partial charge in [0.2, 0.25) is 0 Å². The molecule has 0 amide bonds. The van der Waals surface area contributed by atoms with Crippen LogP contribution in [0.25, 0.3) is 75.1 Å². The third kappa shape index (κ3) is 5.03. The normalized spacial score (nSPS) is 13.0. The Labute approximate surface area is 363 Å². The van der Waals surface area contributed by atoms with E-state index in [1.54, 1.807) is 0 Å². The lowest BCUT2D eigenvalue weighted by atomic mass is 9.68. The quantitative estimate of drug-likeness (QED) is 0.166. The molecule has 0 N–H and O–H groups in total. The van der Waals surface area contributed by atoms with Crippen LogP contribution >= 0.6 is 11.3 Å². The number of hydrogen-bond donors (Lipinski definition) is 0. The fraction of sp³-hybridized carbons (Fsp3) is 0.0169. The molecule has 10 aromatic carbocycles. The van der Waals surface area contributed by atoms with Crippen LogP contribution in [-0.4, -0.2) is 0 Å². The molecule has 1 aliphatic rings. The molecule has 0 saturated carbocycles. The van der Waals surface area contributed by atoms with Gasteiger partial charge in [-0.1, -0.05) is 176 Å². The summed E-state index contributed by atoms with van der Waals surface area (Å²) in [6, 6.07) is 82.3. The van der Waals surface area contributed by atoms with Crippen molar-refractivity contribution in [2.75, 3.05) is 4.90 Å². The number of rotatable bonds is 6. The number of anilines is 3. The second-order valence-corrected chi connectivity index (χ2v) is 17.4. The molecule has 2 heterocycles. The van der Waals surface area contributed by atoms with Gasteiger partial charge >= 0.3 is 0 Å². The van der Waals surface area contributed by atoms with Crippen LogP contribution < -0.4 is 4.90 Å². The van der Waals surface area contributed by atoms with Crippen molar-refractivity contribution >= 4 is 81.3 Å². The second-order valence-electron chi connectivity index (χ2n) is 16.3. The Balaban J connectivity index is 1.04. The van der Waals surface area contributed by atoms with E-state index in [1.165, 1.54) is 58.9 Å². The Morgan fingerprint density at radius 3 is 1.87 bits per heavy atom. The van der Waals surface area contributed by atoms with Gasteiger partial charge in [0.1, 0.15) is 11.2 Å². The van der Waals surface area contributed by atoms with E-state index in [9.17, 15) is 0 Å². The Morgan fingerprint density at radius 2 is 1.05 bits per heavy atom. The van der Waals surface area contributed by atoms with Gasteiger partial charge in [-0.15, -0.1) is 11.3 Å². The maximum absolute atomic E-state index is 6.61. The van der Waals surface area contributed by atoms with Gasteiger partial charge in [-0.2, -0.15) is 0 Å². The zero-order valence-electron chi connectivity index (χ0n) is 33.6. The minimum Gasteiger partial charge on any atom is -0.455 e. The molecular formula is C59H37NOS. The number of hydrogen-bond acceptors (Lipinski definition) is 3. The summed E-state index contributed by atoms with van der Waals surface area (Å²) in [5.41, 5.74) is 14.6. The molecule has 12 aromatic rings. The fourth-order valence-electron chi connectivity index (χ4n) is 10.5. The predicted molar refractivity (Wildman–Crippen MR) is 262 cm³/mol. The second kappa shape index (κ2) is 13.7. The van der Waals surface area contributed by atoms with Crippen molar-refractivity contribution in [1.29, 1.82) is 0 Å².